The highest BCUT2D eigenvalue weighted by Crippen LogP contribution is 2.05. The minimum absolute atomic E-state index is 0.527. The monoisotopic (exact) mass is 225 g/mol. The molecule has 0 aliphatic rings. The van der Waals surface area contributed by atoms with E-state index in [1.165, 1.54) is 6.92 Å². The van der Waals surface area contributed by atoms with Crippen LogP contribution in [0.1, 0.15) is 6.92 Å². The summed E-state index contributed by atoms with van der Waals surface area (Å²) in [5.41, 5.74) is 0. The molecule has 0 rings (SSSR count). The normalized spacial score (nSPS) is 21.8. The van der Waals surface area contributed by atoms with Crippen molar-refractivity contribution in [2.75, 3.05) is 13.2 Å². The summed E-state index contributed by atoms with van der Waals surface area (Å²) in [6, 6.07) is -0.985. The Morgan fingerprint density at radius 2 is 1.47 bits per heavy atom. The first kappa shape index (κ1) is 14.7. The molecule has 0 radical (unpaired) electrons. The average molecular weight is 225 g/mol. The summed E-state index contributed by atoms with van der Waals surface area (Å²) < 4.78 is 0. The first-order chi connectivity index (χ1) is 6.93. The summed E-state index contributed by atoms with van der Waals surface area (Å²) in [6.45, 7) is 0.149. The van der Waals surface area contributed by atoms with Gasteiger partial charge in [0.25, 0.3) is 0 Å². The van der Waals surface area contributed by atoms with Gasteiger partial charge in [-0.05, 0) is 6.92 Å². The number of aliphatic hydroxyl groups excluding tert-OH is 6. The molecule has 0 aromatic rings. The minimum atomic E-state index is -1.60. The van der Waals surface area contributed by atoms with Crippen LogP contribution in [0.5, 0.6) is 0 Å². The fourth-order valence-corrected chi connectivity index (χ4v) is 1.14. The summed E-state index contributed by atoms with van der Waals surface area (Å²) in [4.78, 5) is 0. The van der Waals surface area contributed by atoms with Crippen molar-refractivity contribution in [1.29, 1.82) is 0 Å². The summed E-state index contributed by atoms with van der Waals surface area (Å²) in [5.74, 6) is 0. The van der Waals surface area contributed by atoms with Gasteiger partial charge < -0.3 is 30.6 Å². The molecule has 92 valence electrons. The molecule has 0 aliphatic carbocycles. The van der Waals surface area contributed by atoms with Crippen molar-refractivity contribution in [2.24, 2.45) is 0 Å². The molecule has 7 heteroatoms. The quantitative estimate of drug-likeness (QED) is 0.222. The van der Waals surface area contributed by atoms with E-state index in [-0.39, 0.29) is 0 Å². The highest BCUT2D eigenvalue weighted by molar-refractivity contribution is 4.85. The maximum absolute atomic E-state index is 9.47. The SMILES string of the molecule is C[C@H](O)N[C@H](CO)[C@H](O)[C@@H](O)[C@H](O)CO. The Morgan fingerprint density at radius 3 is 1.80 bits per heavy atom. The van der Waals surface area contributed by atoms with Crippen LogP contribution in [0.2, 0.25) is 0 Å². The van der Waals surface area contributed by atoms with Gasteiger partial charge in [-0.3, -0.25) is 5.32 Å². The summed E-state index contributed by atoms with van der Waals surface area (Å²) in [7, 11) is 0. The first-order valence-electron chi connectivity index (χ1n) is 4.64. The van der Waals surface area contributed by atoms with Crippen molar-refractivity contribution >= 4 is 0 Å². The molecule has 0 aromatic carbocycles. The molecule has 7 nitrogen and oxygen atoms in total. The van der Waals surface area contributed by atoms with Crippen molar-refractivity contribution in [3.8, 4) is 0 Å². The lowest BCUT2D eigenvalue weighted by Crippen LogP contribution is -2.54. The Labute approximate surface area is 87.6 Å². The van der Waals surface area contributed by atoms with Crippen LogP contribution in [0.25, 0.3) is 0 Å². The molecule has 0 fully saturated rings. The molecule has 0 saturated heterocycles. The van der Waals surface area contributed by atoms with Crippen LogP contribution in [0, 0.1) is 0 Å². The van der Waals surface area contributed by atoms with E-state index in [4.69, 9.17) is 20.4 Å². The lowest BCUT2D eigenvalue weighted by atomic mass is 10.0. The predicted octanol–water partition coefficient (Wildman–Crippen LogP) is -3.65. The van der Waals surface area contributed by atoms with Crippen LogP contribution >= 0.6 is 0 Å². The highest BCUT2D eigenvalue weighted by atomic mass is 16.4. The van der Waals surface area contributed by atoms with Crippen LogP contribution < -0.4 is 5.32 Å². The molecular weight excluding hydrogens is 206 g/mol. The first-order valence-corrected chi connectivity index (χ1v) is 4.64. The molecule has 0 unspecified atom stereocenters. The van der Waals surface area contributed by atoms with Crippen molar-refractivity contribution in [2.45, 2.75) is 37.5 Å². The zero-order valence-electron chi connectivity index (χ0n) is 8.48. The third-order valence-electron chi connectivity index (χ3n) is 2.00. The Morgan fingerprint density at radius 1 is 0.933 bits per heavy atom. The number of aliphatic hydroxyl groups is 6. The van der Waals surface area contributed by atoms with Crippen LogP contribution in [0.3, 0.4) is 0 Å². The average Bonchev–Trinajstić information content (AvgIpc) is 2.22. The molecule has 0 heterocycles. The van der Waals surface area contributed by atoms with E-state index in [0.717, 1.165) is 0 Å². The van der Waals surface area contributed by atoms with E-state index in [9.17, 15) is 10.2 Å². The van der Waals surface area contributed by atoms with Crippen molar-refractivity contribution in [3.05, 3.63) is 0 Å². The Bertz CT molecular complexity index is 167. The van der Waals surface area contributed by atoms with Gasteiger partial charge in [-0.15, -0.1) is 0 Å². The standard InChI is InChI=1S/C8H19NO6/c1-4(12)9-5(2-10)7(14)8(15)6(13)3-11/h4-15H,2-3H2,1H3/t4-,5+,6+,7-,8-/m0/s1. The summed E-state index contributed by atoms with van der Waals surface area (Å²) in [5, 5.41) is 56.6. The number of hydrogen-bond donors (Lipinski definition) is 7. The molecule has 5 atom stereocenters. The van der Waals surface area contributed by atoms with E-state index < -0.39 is 43.8 Å². The summed E-state index contributed by atoms with van der Waals surface area (Å²) >= 11 is 0. The third kappa shape index (κ3) is 4.85. The molecule has 0 spiro atoms. The number of hydrogen-bond acceptors (Lipinski definition) is 7. The predicted molar refractivity (Wildman–Crippen MR) is 50.8 cm³/mol. The van der Waals surface area contributed by atoms with Crippen molar-refractivity contribution in [3.63, 3.8) is 0 Å². The largest absolute Gasteiger partial charge is 0.395 e. The molecule has 7 N–H and O–H groups in total. The van der Waals surface area contributed by atoms with Crippen LogP contribution in [-0.2, 0) is 0 Å². The van der Waals surface area contributed by atoms with Crippen molar-refractivity contribution < 1.29 is 30.6 Å². The fraction of sp³-hybridized carbons (Fsp3) is 1.00. The molecule has 0 bridgehead atoms. The van der Waals surface area contributed by atoms with Gasteiger partial charge in [-0.1, -0.05) is 0 Å². The molecular formula is C8H19NO6. The number of rotatable bonds is 7. The van der Waals surface area contributed by atoms with Gasteiger partial charge in [0.05, 0.1) is 19.3 Å². The maximum atomic E-state index is 9.47. The van der Waals surface area contributed by atoms with Gasteiger partial charge in [-0.2, -0.15) is 0 Å². The molecule has 15 heavy (non-hydrogen) atoms. The Hall–Kier alpha value is -0.280. The Kier molecular flexibility index (Phi) is 6.94. The van der Waals surface area contributed by atoms with Gasteiger partial charge in [0, 0.05) is 0 Å². The van der Waals surface area contributed by atoms with Gasteiger partial charge >= 0.3 is 0 Å². The van der Waals surface area contributed by atoms with E-state index in [1.807, 2.05) is 0 Å². The van der Waals surface area contributed by atoms with Gasteiger partial charge in [0.2, 0.25) is 0 Å². The molecule has 0 aliphatic heterocycles. The molecule has 0 saturated carbocycles. The van der Waals surface area contributed by atoms with Gasteiger partial charge in [0.15, 0.2) is 0 Å². The maximum Gasteiger partial charge on any atom is 0.110 e. The van der Waals surface area contributed by atoms with Gasteiger partial charge in [-0.25, -0.2) is 0 Å². The second-order valence-electron chi connectivity index (χ2n) is 3.36. The smallest absolute Gasteiger partial charge is 0.110 e. The molecule has 0 amide bonds. The van der Waals surface area contributed by atoms with Crippen molar-refractivity contribution in [1.82, 2.24) is 5.32 Å². The van der Waals surface area contributed by atoms with E-state index in [0.29, 0.717) is 0 Å². The fourth-order valence-electron chi connectivity index (χ4n) is 1.14. The zero-order valence-corrected chi connectivity index (χ0v) is 8.48. The summed E-state index contributed by atoms with van der Waals surface area (Å²) in [6.07, 6.45) is -5.56. The second-order valence-corrected chi connectivity index (χ2v) is 3.36. The second kappa shape index (κ2) is 7.07. The van der Waals surface area contributed by atoms with Crippen LogP contribution in [-0.4, -0.2) is 74.4 Å². The highest BCUT2D eigenvalue weighted by Gasteiger charge is 2.31. The van der Waals surface area contributed by atoms with E-state index in [2.05, 4.69) is 5.32 Å². The minimum Gasteiger partial charge on any atom is -0.395 e. The Balaban J connectivity index is 4.29. The zero-order chi connectivity index (χ0) is 12.0. The number of nitrogens with one attached hydrogen (secondary N) is 1. The van der Waals surface area contributed by atoms with E-state index >= 15 is 0 Å². The van der Waals surface area contributed by atoms with Gasteiger partial charge in [0.1, 0.15) is 24.5 Å². The third-order valence-corrected chi connectivity index (χ3v) is 2.00. The van der Waals surface area contributed by atoms with E-state index in [1.54, 1.807) is 0 Å². The molecule has 0 aromatic heterocycles. The lowest BCUT2D eigenvalue weighted by molar-refractivity contribution is -0.0964. The van der Waals surface area contributed by atoms with Crippen LogP contribution in [0.4, 0.5) is 0 Å². The topological polar surface area (TPSA) is 133 Å². The lowest BCUT2D eigenvalue weighted by Gasteiger charge is -2.29. The van der Waals surface area contributed by atoms with Crippen LogP contribution in [0.15, 0.2) is 0 Å².